The Morgan fingerprint density at radius 2 is 1.87 bits per heavy atom. The van der Waals surface area contributed by atoms with Crippen molar-refractivity contribution in [2.24, 2.45) is 0 Å². The molecule has 0 fully saturated rings. The maximum Gasteiger partial charge on any atom is 0.259 e. The lowest BCUT2D eigenvalue weighted by atomic mass is 10.2. The molecule has 1 amide bonds. The number of carbonyl (C=O) groups is 1. The fraction of sp³-hybridized carbons (Fsp3) is 0. The SMILES string of the molecule is O=C(Nc1nc(-c2ccc(Br)cc2)cs1)c1cc(Cl)ccc1Cl. The number of nitrogens with one attached hydrogen (secondary N) is 1. The molecule has 1 aromatic heterocycles. The molecule has 3 rings (SSSR count). The van der Waals surface area contributed by atoms with E-state index < -0.39 is 0 Å². The molecule has 1 N–H and O–H groups in total. The number of amides is 1. The Bertz CT molecular complexity index is 865. The Morgan fingerprint density at radius 1 is 1.13 bits per heavy atom. The number of rotatable bonds is 3. The van der Waals surface area contributed by atoms with E-state index in [-0.39, 0.29) is 5.91 Å². The number of aromatic nitrogens is 1. The van der Waals surface area contributed by atoms with Gasteiger partial charge in [0.2, 0.25) is 0 Å². The first-order valence-corrected chi connectivity index (χ1v) is 8.93. The van der Waals surface area contributed by atoms with Crippen molar-refractivity contribution in [2.75, 3.05) is 5.32 Å². The Balaban J connectivity index is 1.80. The average molecular weight is 428 g/mol. The molecule has 3 nitrogen and oxygen atoms in total. The minimum absolute atomic E-state index is 0.319. The van der Waals surface area contributed by atoms with Gasteiger partial charge in [0, 0.05) is 20.4 Å². The van der Waals surface area contributed by atoms with Crippen LogP contribution in [0.1, 0.15) is 10.4 Å². The largest absolute Gasteiger partial charge is 0.298 e. The van der Waals surface area contributed by atoms with Crippen LogP contribution in [-0.2, 0) is 0 Å². The molecule has 0 aliphatic rings. The van der Waals surface area contributed by atoms with Gasteiger partial charge >= 0.3 is 0 Å². The highest BCUT2D eigenvalue weighted by Crippen LogP contribution is 2.27. The number of carbonyl (C=O) groups excluding carboxylic acids is 1. The van der Waals surface area contributed by atoms with E-state index in [2.05, 4.69) is 26.2 Å². The highest BCUT2D eigenvalue weighted by atomic mass is 79.9. The lowest BCUT2D eigenvalue weighted by Crippen LogP contribution is -2.12. The first-order valence-electron chi connectivity index (χ1n) is 6.51. The predicted octanol–water partition coefficient (Wildman–Crippen LogP) is 6.13. The molecule has 0 saturated heterocycles. The minimum Gasteiger partial charge on any atom is -0.298 e. The zero-order valence-corrected chi connectivity index (χ0v) is 15.4. The third kappa shape index (κ3) is 3.93. The first-order chi connectivity index (χ1) is 11.0. The van der Waals surface area contributed by atoms with E-state index in [9.17, 15) is 4.79 Å². The summed E-state index contributed by atoms with van der Waals surface area (Å²) >= 11 is 16.7. The van der Waals surface area contributed by atoms with Gasteiger partial charge in [-0.25, -0.2) is 4.98 Å². The van der Waals surface area contributed by atoms with Crippen molar-refractivity contribution in [1.82, 2.24) is 4.98 Å². The normalized spacial score (nSPS) is 10.6. The van der Waals surface area contributed by atoms with Crippen LogP contribution in [-0.4, -0.2) is 10.9 Å². The van der Waals surface area contributed by atoms with Crippen molar-refractivity contribution >= 4 is 61.5 Å². The lowest BCUT2D eigenvalue weighted by Gasteiger charge is -2.04. The number of hydrogen-bond donors (Lipinski definition) is 1. The molecule has 0 spiro atoms. The van der Waals surface area contributed by atoms with Crippen molar-refractivity contribution in [3.63, 3.8) is 0 Å². The molecule has 0 radical (unpaired) electrons. The monoisotopic (exact) mass is 426 g/mol. The molecule has 0 atom stereocenters. The van der Waals surface area contributed by atoms with Crippen molar-refractivity contribution in [3.05, 3.63) is 67.9 Å². The summed E-state index contributed by atoms with van der Waals surface area (Å²) in [4.78, 5) is 16.7. The predicted molar refractivity (Wildman–Crippen MR) is 99.7 cm³/mol. The summed E-state index contributed by atoms with van der Waals surface area (Å²) in [6, 6.07) is 12.6. The number of halogens is 3. The highest BCUT2D eigenvalue weighted by molar-refractivity contribution is 9.10. The molecule has 0 saturated carbocycles. The number of anilines is 1. The van der Waals surface area contributed by atoms with Gasteiger partial charge < -0.3 is 0 Å². The van der Waals surface area contributed by atoms with Crippen LogP contribution < -0.4 is 5.32 Å². The van der Waals surface area contributed by atoms with E-state index in [1.165, 1.54) is 17.4 Å². The van der Waals surface area contributed by atoms with E-state index in [0.717, 1.165) is 15.7 Å². The van der Waals surface area contributed by atoms with Crippen molar-refractivity contribution in [3.8, 4) is 11.3 Å². The van der Waals surface area contributed by atoms with Gasteiger partial charge in [-0.15, -0.1) is 11.3 Å². The molecule has 2 aromatic carbocycles. The van der Waals surface area contributed by atoms with E-state index in [0.29, 0.717) is 20.7 Å². The molecule has 0 bridgehead atoms. The summed E-state index contributed by atoms with van der Waals surface area (Å²) in [5, 5.41) is 5.93. The van der Waals surface area contributed by atoms with Gasteiger partial charge in [-0.05, 0) is 30.3 Å². The van der Waals surface area contributed by atoms with Crippen LogP contribution in [0.4, 0.5) is 5.13 Å². The Kier molecular flexibility index (Phi) is 5.02. The summed E-state index contributed by atoms with van der Waals surface area (Å²) in [6.45, 7) is 0. The summed E-state index contributed by atoms with van der Waals surface area (Å²) in [5.41, 5.74) is 2.10. The first kappa shape index (κ1) is 16.5. The highest BCUT2D eigenvalue weighted by Gasteiger charge is 2.13. The molecular weight excluding hydrogens is 419 g/mol. The van der Waals surface area contributed by atoms with E-state index >= 15 is 0 Å². The summed E-state index contributed by atoms with van der Waals surface area (Å²) in [7, 11) is 0. The standard InChI is InChI=1S/C16H9BrCl2N2OS/c17-10-3-1-9(2-4-10)14-8-23-16(20-14)21-15(22)12-7-11(18)5-6-13(12)19/h1-8H,(H,20,21,22). The fourth-order valence-corrected chi connectivity index (χ4v) is 3.27. The Labute approximate surface area is 155 Å². The third-order valence-corrected chi connectivity index (χ3v) is 4.89. The molecule has 0 unspecified atom stereocenters. The second kappa shape index (κ2) is 7.01. The zero-order valence-electron chi connectivity index (χ0n) is 11.5. The summed E-state index contributed by atoms with van der Waals surface area (Å²) in [6.07, 6.45) is 0. The van der Waals surface area contributed by atoms with Crippen LogP contribution >= 0.6 is 50.5 Å². The Morgan fingerprint density at radius 3 is 2.61 bits per heavy atom. The molecule has 23 heavy (non-hydrogen) atoms. The molecule has 3 aromatic rings. The number of thiazole rings is 1. The second-order valence-corrected chi connectivity index (χ2v) is 7.24. The molecular formula is C16H9BrCl2N2OS. The number of hydrogen-bond acceptors (Lipinski definition) is 3. The topological polar surface area (TPSA) is 42.0 Å². The van der Waals surface area contributed by atoms with E-state index in [1.54, 1.807) is 12.1 Å². The van der Waals surface area contributed by atoms with Gasteiger partial charge in [0.1, 0.15) is 0 Å². The summed E-state index contributed by atoms with van der Waals surface area (Å²) in [5.74, 6) is -0.339. The van der Waals surface area contributed by atoms with Gasteiger partial charge in [0.25, 0.3) is 5.91 Å². The molecule has 0 aliphatic carbocycles. The quantitative estimate of drug-likeness (QED) is 0.546. The van der Waals surface area contributed by atoms with Crippen LogP contribution in [0.3, 0.4) is 0 Å². The van der Waals surface area contributed by atoms with Gasteiger partial charge in [-0.1, -0.05) is 51.3 Å². The maximum absolute atomic E-state index is 12.3. The maximum atomic E-state index is 12.3. The van der Waals surface area contributed by atoms with Gasteiger partial charge in [-0.2, -0.15) is 0 Å². The molecule has 7 heteroatoms. The van der Waals surface area contributed by atoms with Crippen LogP contribution in [0.5, 0.6) is 0 Å². The smallest absolute Gasteiger partial charge is 0.259 e. The zero-order chi connectivity index (χ0) is 16.4. The number of nitrogens with zero attached hydrogens (tertiary/aromatic N) is 1. The van der Waals surface area contributed by atoms with Crippen molar-refractivity contribution < 1.29 is 4.79 Å². The molecule has 1 heterocycles. The summed E-state index contributed by atoms with van der Waals surface area (Å²) < 4.78 is 1.00. The fourth-order valence-electron chi connectivity index (χ4n) is 1.92. The van der Waals surface area contributed by atoms with E-state index in [4.69, 9.17) is 23.2 Å². The van der Waals surface area contributed by atoms with E-state index in [1.807, 2.05) is 29.6 Å². The van der Waals surface area contributed by atoms with Crippen LogP contribution in [0.2, 0.25) is 10.0 Å². The number of benzene rings is 2. The van der Waals surface area contributed by atoms with Gasteiger partial charge in [0.05, 0.1) is 16.3 Å². The molecule has 0 aliphatic heterocycles. The van der Waals surface area contributed by atoms with Crippen molar-refractivity contribution in [2.45, 2.75) is 0 Å². The second-order valence-electron chi connectivity index (χ2n) is 4.62. The van der Waals surface area contributed by atoms with Gasteiger partial charge in [0.15, 0.2) is 5.13 Å². The Hall–Kier alpha value is -1.40. The van der Waals surface area contributed by atoms with Crippen LogP contribution in [0.15, 0.2) is 52.3 Å². The molecule has 116 valence electrons. The third-order valence-electron chi connectivity index (χ3n) is 3.04. The van der Waals surface area contributed by atoms with Crippen molar-refractivity contribution in [1.29, 1.82) is 0 Å². The lowest BCUT2D eigenvalue weighted by molar-refractivity contribution is 0.102. The minimum atomic E-state index is -0.339. The van der Waals surface area contributed by atoms with Crippen LogP contribution in [0.25, 0.3) is 11.3 Å². The average Bonchev–Trinajstić information content (AvgIpc) is 2.99. The van der Waals surface area contributed by atoms with Gasteiger partial charge in [-0.3, -0.25) is 10.1 Å². The van der Waals surface area contributed by atoms with Crippen LogP contribution in [0, 0.1) is 0 Å².